The number of hydrogen-bond donors (Lipinski definition) is 2. The summed E-state index contributed by atoms with van der Waals surface area (Å²) in [4.78, 5) is 40.8. The Kier molecular flexibility index (Phi) is 4.70. The van der Waals surface area contributed by atoms with Crippen LogP contribution in [-0.4, -0.2) is 51.4 Å². The predicted molar refractivity (Wildman–Crippen MR) is 101 cm³/mol. The smallest absolute Gasteiger partial charge is 0.325 e. The van der Waals surface area contributed by atoms with Crippen LogP contribution in [0.2, 0.25) is 0 Å². The Labute approximate surface area is 166 Å². The van der Waals surface area contributed by atoms with Crippen LogP contribution in [0.1, 0.15) is 28.8 Å². The molecule has 2 aliphatic rings. The number of hydrogen-bond acceptors (Lipinski definition) is 4. The van der Waals surface area contributed by atoms with Crippen molar-refractivity contribution >= 4 is 17.8 Å². The molecule has 0 radical (unpaired) electrons. The van der Waals surface area contributed by atoms with E-state index >= 15 is 0 Å². The van der Waals surface area contributed by atoms with E-state index in [9.17, 15) is 23.9 Å². The molecule has 0 unspecified atom stereocenters. The van der Waals surface area contributed by atoms with Gasteiger partial charge < -0.3 is 14.9 Å². The molecule has 0 bridgehead atoms. The number of phenols is 1. The van der Waals surface area contributed by atoms with Crippen LogP contribution >= 0.6 is 0 Å². The van der Waals surface area contributed by atoms with E-state index in [1.54, 1.807) is 4.90 Å². The van der Waals surface area contributed by atoms with Gasteiger partial charge in [0.2, 0.25) is 0 Å². The monoisotopic (exact) mass is 397 g/mol. The molecule has 8 heteroatoms. The molecule has 2 aromatic rings. The number of aromatic hydroxyl groups is 1. The van der Waals surface area contributed by atoms with Gasteiger partial charge in [0.05, 0.1) is 0 Å². The summed E-state index contributed by atoms with van der Waals surface area (Å²) in [6.07, 6.45) is 0.591. The maximum atomic E-state index is 13.6. The van der Waals surface area contributed by atoms with Gasteiger partial charge in [-0.3, -0.25) is 14.9 Å². The van der Waals surface area contributed by atoms with Crippen molar-refractivity contribution in [1.29, 1.82) is 0 Å². The number of nitrogens with zero attached hydrogens (tertiary/aromatic N) is 2. The van der Waals surface area contributed by atoms with Crippen LogP contribution < -0.4 is 5.32 Å². The molecule has 29 heavy (non-hydrogen) atoms. The summed E-state index contributed by atoms with van der Waals surface area (Å²) in [6.45, 7) is 0.816. The van der Waals surface area contributed by atoms with Crippen molar-refractivity contribution in [1.82, 2.24) is 15.1 Å². The molecule has 2 heterocycles. The maximum Gasteiger partial charge on any atom is 0.325 e. The first-order chi connectivity index (χ1) is 13.9. The Morgan fingerprint density at radius 1 is 1.10 bits per heavy atom. The number of piperidine rings is 1. The number of benzene rings is 2. The molecular weight excluding hydrogens is 377 g/mol. The maximum absolute atomic E-state index is 13.6. The zero-order valence-electron chi connectivity index (χ0n) is 15.6. The van der Waals surface area contributed by atoms with Gasteiger partial charge in [-0.05, 0) is 36.6 Å². The van der Waals surface area contributed by atoms with Crippen LogP contribution in [0, 0.1) is 5.82 Å². The Balaban J connectivity index is 1.51. The Morgan fingerprint density at radius 2 is 1.79 bits per heavy atom. The highest BCUT2D eigenvalue weighted by Gasteiger charge is 2.54. The van der Waals surface area contributed by atoms with Gasteiger partial charge in [0.25, 0.3) is 11.8 Å². The molecule has 2 aromatic carbocycles. The molecule has 0 aliphatic carbocycles. The molecule has 0 atom stereocenters. The molecule has 2 fully saturated rings. The number of phenolic OH excluding ortho intramolecular Hbond substituents is 1. The molecule has 0 saturated carbocycles. The fraction of sp³-hybridized carbons (Fsp3) is 0.286. The third-order valence-corrected chi connectivity index (χ3v) is 5.66. The van der Waals surface area contributed by atoms with E-state index in [2.05, 4.69) is 5.32 Å². The van der Waals surface area contributed by atoms with Crippen molar-refractivity contribution in [2.24, 2.45) is 0 Å². The molecule has 4 amide bonds. The van der Waals surface area contributed by atoms with Crippen LogP contribution in [0.4, 0.5) is 9.18 Å². The molecular formula is C21H20FN3O4. The van der Waals surface area contributed by atoms with E-state index in [1.807, 2.05) is 30.3 Å². The largest absolute Gasteiger partial charge is 0.505 e. The Hall–Kier alpha value is -3.42. The lowest BCUT2D eigenvalue weighted by Crippen LogP contribution is -2.57. The minimum Gasteiger partial charge on any atom is -0.505 e. The number of halogens is 1. The van der Waals surface area contributed by atoms with Crippen molar-refractivity contribution in [2.45, 2.75) is 24.9 Å². The highest BCUT2D eigenvalue weighted by atomic mass is 19.1. The molecule has 1 spiro atoms. The normalized spacial score (nSPS) is 18.2. The average molecular weight is 397 g/mol. The van der Waals surface area contributed by atoms with Gasteiger partial charge in [-0.25, -0.2) is 9.18 Å². The van der Waals surface area contributed by atoms with Gasteiger partial charge in [-0.1, -0.05) is 30.3 Å². The van der Waals surface area contributed by atoms with E-state index in [1.165, 1.54) is 11.0 Å². The molecule has 0 aromatic heterocycles. The number of amides is 4. The van der Waals surface area contributed by atoms with E-state index in [0.29, 0.717) is 19.4 Å². The van der Waals surface area contributed by atoms with E-state index < -0.39 is 23.1 Å². The number of imide groups is 1. The number of likely N-dealkylation sites (tertiary alicyclic amines) is 1. The van der Waals surface area contributed by atoms with Crippen molar-refractivity contribution in [3.63, 3.8) is 0 Å². The zero-order valence-corrected chi connectivity index (χ0v) is 15.6. The summed E-state index contributed by atoms with van der Waals surface area (Å²) in [5.41, 5.74) is 0.0448. The first-order valence-electron chi connectivity index (χ1n) is 9.35. The lowest BCUT2D eigenvalue weighted by Gasteiger charge is -2.42. The second-order valence-corrected chi connectivity index (χ2v) is 7.32. The van der Waals surface area contributed by atoms with E-state index in [-0.39, 0.29) is 30.5 Å². The first-order valence-corrected chi connectivity index (χ1v) is 9.35. The molecule has 2 N–H and O–H groups in total. The second kappa shape index (κ2) is 7.20. The minimum atomic E-state index is -0.996. The molecule has 2 saturated heterocycles. The standard InChI is InChI=1S/C21H20FN3O4/c22-16-12-15(6-7-17(16)26)18(27)24-10-8-21(9-11-24)19(28)23-20(29)25(21)13-14-4-2-1-3-5-14/h1-7,12,26H,8-11,13H2,(H,23,28,29). The Bertz CT molecular complexity index is 971. The third-order valence-electron chi connectivity index (χ3n) is 5.66. The molecule has 2 aliphatic heterocycles. The molecule has 7 nitrogen and oxygen atoms in total. The van der Waals surface area contributed by atoms with Gasteiger partial charge in [0.1, 0.15) is 5.54 Å². The fourth-order valence-corrected chi connectivity index (χ4v) is 3.99. The Morgan fingerprint density at radius 3 is 2.45 bits per heavy atom. The minimum absolute atomic E-state index is 0.129. The van der Waals surface area contributed by atoms with Crippen molar-refractivity contribution in [3.05, 3.63) is 65.5 Å². The number of rotatable bonds is 3. The summed E-state index contributed by atoms with van der Waals surface area (Å²) in [5.74, 6) is -2.10. The van der Waals surface area contributed by atoms with Crippen LogP contribution in [0.25, 0.3) is 0 Å². The quantitative estimate of drug-likeness (QED) is 0.778. The first kappa shape index (κ1) is 18.9. The van der Waals surface area contributed by atoms with Gasteiger partial charge in [-0.2, -0.15) is 0 Å². The van der Waals surface area contributed by atoms with Crippen molar-refractivity contribution in [2.75, 3.05) is 13.1 Å². The fourth-order valence-electron chi connectivity index (χ4n) is 3.99. The number of urea groups is 1. The number of carbonyl (C=O) groups excluding carboxylic acids is 3. The van der Waals surface area contributed by atoms with E-state index in [0.717, 1.165) is 17.7 Å². The van der Waals surface area contributed by atoms with Crippen LogP contribution in [-0.2, 0) is 11.3 Å². The van der Waals surface area contributed by atoms with Crippen LogP contribution in [0.5, 0.6) is 5.75 Å². The number of nitrogens with one attached hydrogen (secondary N) is 1. The van der Waals surface area contributed by atoms with Gasteiger partial charge in [-0.15, -0.1) is 0 Å². The highest BCUT2D eigenvalue weighted by Crippen LogP contribution is 2.35. The molecule has 150 valence electrons. The summed E-state index contributed by atoms with van der Waals surface area (Å²) in [7, 11) is 0. The summed E-state index contributed by atoms with van der Waals surface area (Å²) in [5, 5.41) is 11.7. The predicted octanol–water partition coefficient (Wildman–Crippen LogP) is 2.26. The SMILES string of the molecule is O=C(c1ccc(O)c(F)c1)N1CCC2(CC1)C(=O)NC(=O)N2Cc1ccccc1. The van der Waals surface area contributed by atoms with Crippen LogP contribution in [0.3, 0.4) is 0 Å². The second-order valence-electron chi connectivity index (χ2n) is 7.32. The van der Waals surface area contributed by atoms with Gasteiger partial charge in [0, 0.05) is 25.2 Å². The van der Waals surface area contributed by atoms with Crippen molar-refractivity contribution < 1.29 is 23.9 Å². The summed E-state index contributed by atoms with van der Waals surface area (Å²) in [6, 6.07) is 12.5. The average Bonchev–Trinajstić information content (AvgIpc) is 2.95. The van der Waals surface area contributed by atoms with Gasteiger partial charge in [0.15, 0.2) is 11.6 Å². The van der Waals surface area contributed by atoms with Gasteiger partial charge >= 0.3 is 6.03 Å². The zero-order chi connectivity index (χ0) is 20.6. The van der Waals surface area contributed by atoms with Crippen molar-refractivity contribution in [3.8, 4) is 5.75 Å². The topological polar surface area (TPSA) is 90.0 Å². The summed E-state index contributed by atoms with van der Waals surface area (Å²) >= 11 is 0. The summed E-state index contributed by atoms with van der Waals surface area (Å²) < 4.78 is 13.6. The number of carbonyl (C=O) groups is 3. The van der Waals surface area contributed by atoms with E-state index in [4.69, 9.17) is 0 Å². The van der Waals surface area contributed by atoms with Crippen LogP contribution in [0.15, 0.2) is 48.5 Å². The lowest BCUT2D eigenvalue weighted by molar-refractivity contribution is -0.129. The lowest BCUT2D eigenvalue weighted by atomic mass is 9.85. The molecule has 4 rings (SSSR count). The third kappa shape index (κ3) is 3.30. The highest BCUT2D eigenvalue weighted by molar-refractivity contribution is 6.07.